The molecule has 2 saturated heterocycles. The highest BCUT2D eigenvalue weighted by atomic mass is 16.2. The number of hydrogen-bond acceptors (Lipinski definition) is 4. The fourth-order valence-corrected chi connectivity index (χ4v) is 4.48. The number of aryl methyl sites for hydroxylation is 1. The van der Waals surface area contributed by atoms with Crippen LogP contribution in [0, 0.1) is 0 Å². The van der Waals surface area contributed by atoms with E-state index in [2.05, 4.69) is 38.8 Å². The van der Waals surface area contributed by atoms with Crippen molar-refractivity contribution >= 4 is 5.91 Å². The van der Waals surface area contributed by atoms with Crippen molar-refractivity contribution in [2.45, 2.75) is 51.0 Å². The van der Waals surface area contributed by atoms with E-state index in [1.165, 1.54) is 18.4 Å². The predicted molar refractivity (Wildman–Crippen MR) is 109 cm³/mol. The number of benzene rings is 1. The first-order chi connectivity index (χ1) is 13.7. The van der Waals surface area contributed by atoms with Gasteiger partial charge in [-0.3, -0.25) is 9.69 Å². The molecular formula is C22H31N5O. The normalized spacial score (nSPS) is 20.6. The SMILES string of the molecule is Cn1c(CN2CCCC2)nnc1C1CCCN(C(=O)CCc2ccccc2)C1. The van der Waals surface area contributed by atoms with Gasteiger partial charge in [0.2, 0.25) is 5.91 Å². The molecule has 1 aromatic heterocycles. The van der Waals surface area contributed by atoms with Crippen molar-refractivity contribution in [3.63, 3.8) is 0 Å². The van der Waals surface area contributed by atoms with Crippen molar-refractivity contribution in [3.8, 4) is 0 Å². The third-order valence-electron chi connectivity index (χ3n) is 6.17. The largest absolute Gasteiger partial charge is 0.342 e. The van der Waals surface area contributed by atoms with Gasteiger partial charge in [0.05, 0.1) is 6.54 Å². The summed E-state index contributed by atoms with van der Waals surface area (Å²) in [7, 11) is 2.08. The van der Waals surface area contributed by atoms with Gasteiger partial charge in [-0.05, 0) is 50.8 Å². The van der Waals surface area contributed by atoms with Crippen LogP contribution in [0.5, 0.6) is 0 Å². The molecule has 2 aliphatic rings. The molecular weight excluding hydrogens is 350 g/mol. The number of likely N-dealkylation sites (tertiary alicyclic amines) is 2. The molecule has 2 aromatic rings. The zero-order chi connectivity index (χ0) is 19.3. The van der Waals surface area contributed by atoms with Crippen LogP contribution in [0.15, 0.2) is 30.3 Å². The summed E-state index contributed by atoms with van der Waals surface area (Å²) in [4.78, 5) is 17.2. The Bertz CT molecular complexity index is 781. The zero-order valence-electron chi connectivity index (χ0n) is 16.9. The molecule has 0 saturated carbocycles. The van der Waals surface area contributed by atoms with Crippen LogP contribution in [-0.2, 0) is 24.8 Å². The molecule has 0 N–H and O–H groups in total. The summed E-state index contributed by atoms with van der Waals surface area (Å²) < 4.78 is 2.17. The number of aromatic nitrogens is 3. The number of rotatable bonds is 6. The smallest absolute Gasteiger partial charge is 0.222 e. The third-order valence-corrected chi connectivity index (χ3v) is 6.17. The first kappa shape index (κ1) is 19.1. The van der Waals surface area contributed by atoms with Crippen LogP contribution in [0.2, 0.25) is 0 Å². The summed E-state index contributed by atoms with van der Waals surface area (Å²) in [5, 5.41) is 8.99. The third kappa shape index (κ3) is 4.43. The summed E-state index contributed by atoms with van der Waals surface area (Å²) in [5.41, 5.74) is 1.23. The Morgan fingerprint density at radius 2 is 1.86 bits per heavy atom. The van der Waals surface area contributed by atoms with Crippen molar-refractivity contribution in [2.75, 3.05) is 26.2 Å². The zero-order valence-corrected chi connectivity index (χ0v) is 16.9. The van der Waals surface area contributed by atoms with Crippen LogP contribution < -0.4 is 0 Å². The van der Waals surface area contributed by atoms with Gasteiger partial charge >= 0.3 is 0 Å². The minimum absolute atomic E-state index is 0.257. The van der Waals surface area contributed by atoms with Crippen molar-refractivity contribution in [1.82, 2.24) is 24.6 Å². The van der Waals surface area contributed by atoms with E-state index in [1.54, 1.807) is 0 Å². The average Bonchev–Trinajstić information content (AvgIpc) is 3.38. The summed E-state index contributed by atoms with van der Waals surface area (Å²) in [6.07, 6.45) is 6.08. The van der Waals surface area contributed by atoms with Gasteiger partial charge < -0.3 is 9.47 Å². The number of hydrogen-bond donors (Lipinski definition) is 0. The van der Waals surface area contributed by atoms with Gasteiger partial charge in [0, 0.05) is 32.5 Å². The lowest BCUT2D eigenvalue weighted by atomic mass is 9.96. The fourth-order valence-electron chi connectivity index (χ4n) is 4.48. The lowest BCUT2D eigenvalue weighted by molar-refractivity contribution is -0.132. The highest BCUT2D eigenvalue weighted by molar-refractivity contribution is 5.76. The Hall–Kier alpha value is -2.21. The first-order valence-corrected chi connectivity index (χ1v) is 10.6. The lowest BCUT2D eigenvalue weighted by Gasteiger charge is -2.32. The number of carbonyl (C=O) groups is 1. The molecule has 1 amide bonds. The van der Waals surface area contributed by atoms with E-state index in [9.17, 15) is 4.79 Å². The van der Waals surface area contributed by atoms with Crippen molar-refractivity contribution in [2.24, 2.45) is 7.05 Å². The molecule has 0 spiro atoms. The Morgan fingerprint density at radius 3 is 2.64 bits per heavy atom. The lowest BCUT2D eigenvalue weighted by Crippen LogP contribution is -2.39. The van der Waals surface area contributed by atoms with E-state index >= 15 is 0 Å². The molecule has 4 rings (SSSR count). The van der Waals surface area contributed by atoms with E-state index in [0.29, 0.717) is 12.3 Å². The molecule has 28 heavy (non-hydrogen) atoms. The summed E-state index contributed by atoms with van der Waals surface area (Å²) >= 11 is 0. The monoisotopic (exact) mass is 381 g/mol. The molecule has 2 fully saturated rings. The number of amides is 1. The second kappa shape index (κ2) is 8.86. The van der Waals surface area contributed by atoms with Crippen molar-refractivity contribution < 1.29 is 4.79 Å². The van der Waals surface area contributed by atoms with Crippen LogP contribution in [-0.4, -0.2) is 56.7 Å². The average molecular weight is 382 g/mol. The molecule has 1 atom stereocenters. The van der Waals surface area contributed by atoms with Crippen LogP contribution in [0.25, 0.3) is 0 Å². The molecule has 1 aromatic carbocycles. The van der Waals surface area contributed by atoms with Gasteiger partial charge in [-0.25, -0.2) is 0 Å². The standard InChI is InChI=1S/C22H31N5O/c1-25-20(17-26-13-5-6-14-26)23-24-22(25)19-10-7-15-27(16-19)21(28)12-11-18-8-3-2-4-9-18/h2-4,8-9,19H,5-7,10-17H2,1H3. The summed E-state index contributed by atoms with van der Waals surface area (Å²) in [6, 6.07) is 10.3. The second-order valence-corrected chi connectivity index (χ2v) is 8.18. The molecule has 0 bridgehead atoms. The first-order valence-electron chi connectivity index (χ1n) is 10.6. The number of piperidine rings is 1. The van der Waals surface area contributed by atoms with Crippen molar-refractivity contribution in [1.29, 1.82) is 0 Å². The molecule has 2 aliphatic heterocycles. The molecule has 0 aliphatic carbocycles. The van der Waals surface area contributed by atoms with Crippen LogP contribution in [0.3, 0.4) is 0 Å². The van der Waals surface area contributed by atoms with E-state index in [-0.39, 0.29) is 5.91 Å². The van der Waals surface area contributed by atoms with E-state index in [0.717, 1.165) is 63.6 Å². The van der Waals surface area contributed by atoms with E-state index in [4.69, 9.17) is 0 Å². The van der Waals surface area contributed by atoms with Gasteiger partial charge in [-0.15, -0.1) is 10.2 Å². The van der Waals surface area contributed by atoms with Crippen LogP contribution in [0.4, 0.5) is 0 Å². The second-order valence-electron chi connectivity index (χ2n) is 8.18. The maximum atomic E-state index is 12.7. The van der Waals surface area contributed by atoms with E-state index < -0.39 is 0 Å². The highest BCUT2D eigenvalue weighted by Gasteiger charge is 2.28. The summed E-state index contributed by atoms with van der Waals surface area (Å²) in [5.74, 6) is 2.63. The Kier molecular flexibility index (Phi) is 6.05. The van der Waals surface area contributed by atoms with Crippen LogP contribution >= 0.6 is 0 Å². The topological polar surface area (TPSA) is 54.3 Å². The highest BCUT2D eigenvalue weighted by Crippen LogP contribution is 2.26. The van der Waals surface area contributed by atoms with Gasteiger partial charge in [0.25, 0.3) is 0 Å². The quantitative estimate of drug-likeness (QED) is 0.772. The minimum atomic E-state index is 0.257. The molecule has 6 nitrogen and oxygen atoms in total. The molecule has 0 radical (unpaired) electrons. The fraction of sp³-hybridized carbons (Fsp3) is 0.591. The number of carbonyl (C=O) groups excluding carboxylic acids is 1. The van der Waals surface area contributed by atoms with Gasteiger partial charge in [-0.2, -0.15) is 0 Å². The minimum Gasteiger partial charge on any atom is -0.342 e. The Balaban J connectivity index is 1.35. The van der Waals surface area contributed by atoms with Gasteiger partial charge in [0.1, 0.15) is 11.6 Å². The number of nitrogens with zero attached hydrogens (tertiary/aromatic N) is 5. The van der Waals surface area contributed by atoms with Gasteiger partial charge in [-0.1, -0.05) is 30.3 Å². The van der Waals surface area contributed by atoms with Gasteiger partial charge in [0.15, 0.2) is 0 Å². The molecule has 150 valence electrons. The maximum Gasteiger partial charge on any atom is 0.222 e. The molecule has 1 unspecified atom stereocenters. The summed E-state index contributed by atoms with van der Waals surface area (Å²) in [6.45, 7) is 4.84. The van der Waals surface area contributed by atoms with Crippen molar-refractivity contribution in [3.05, 3.63) is 47.5 Å². The Labute approximate surface area is 167 Å². The van der Waals surface area contributed by atoms with Crippen LogP contribution in [0.1, 0.15) is 55.2 Å². The molecule has 3 heterocycles. The Morgan fingerprint density at radius 1 is 1.07 bits per heavy atom. The molecule has 6 heteroatoms. The predicted octanol–water partition coefficient (Wildman–Crippen LogP) is 2.75. The maximum absolute atomic E-state index is 12.7. The van der Waals surface area contributed by atoms with E-state index in [1.807, 2.05) is 23.1 Å².